The molecule has 7 heteroatoms. The zero-order chi connectivity index (χ0) is 19.4. The molecular formula is C20H23BrN4O2. The monoisotopic (exact) mass is 430 g/mol. The van der Waals surface area contributed by atoms with Crippen molar-refractivity contribution in [1.29, 1.82) is 0 Å². The SMILES string of the molecule is CC(C)(C(=O)N1CCC(C(=O)Nc2ccc(Br)cn2)CC1)c1cccnc1. The maximum atomic E-state index is 13.0. The van der Waals surface area contributed by atoms with Gasteiger partial charge in [0, 0.05) is 42.1 Å². The van der Waals surface area contributed by atoms with Crippen LogP contribution < -0.4 is 5.32 Å². The van der Waals surface area contributed by atoms with Crippen molar-refractivity contribution in [2.75, 3.05) is 18.4 Å². The molecule has 0 spiro atoms. The predicted molar refractivity (Wildman–Crippen MR) is 107 cm³/mol. The molecule has 3 heterocycles. The first-order chi connectivity index (χ1) is 12.9. The van der Waals surface area contributed by atoms with Gasteiger partial charge in [-0.15, -0.1) is 0 Å². The summed E-state index contributed by atoms with van der Waals surface area (Å²) in [7, 11) is 0. The van der Waals surface area contributed by atoms with Crippen molar-refractivity contribution in [3.8, 4) is 0 Å². The van der Waals surface area contributed by atoms with E-state index < -0.39 is 5.41 Å². The summed E-state index contributed by atoms with van der Waals surface area (Å²) < 4.78 is 0.864. The minimum Gasteiger partial charge on any atom is -0.342 e. The lowest BCUT2D eigenvalue weighted by atomic mass is 9.83. The maximum absolute atomic E-state index is 13.0. The average molecular weight is 431 g/mol. The molecule has 0 aliphatic carbocycles. The number of pyridine rings is 2. The van der Waals surface area contributed by atoms with Gasteiger partial charge < -0.3 is 10.2 Å². The third-order valence-corrected chi connectivity index (χ3v) is 5.52. The second kappa shape index (κ2) is 8.17. The fourth-order valence-corrected chi connectivity index (χ4v) is 3.51. The van der Waals surface area contributed by atoms with E-state index in [0.717, 1.165) is 10.0 Å². The number of amides is 2. The van der Waals surface area contributed by atoms with E-state index in [0.29, 0.717) is 31.7 Å². The minimum absolute atomic E-state index is 0.0385. The molecule has 0 aromatic carbocycles. The zero-order valence-corrected chi connectivity index (χ0v) is 17.1. The van der Waals surface area contributed by atoms with E-state index in [1.54, 1.807) is 24.7 Å². The van der Waals surface area contributed by atoms with Crippen LogP contribution in [0.1, 0.15) is 32.3 Å². The van der Waals surface area contributed by atoms with Crippen LogP contribution in [0.2, 0.25) is 0 Å². The van der Waals surface area contributed by atoms with E-state index in [9.17, 15) is 9.59 Å². The largest absolute Gasteiger partial charge is 0.342 e. The Labute approximate surface area is 167 Å². The molecule has 0 saturated carbocycles. The topological polar surface area (TPSA) is 75.2 Å². The Balaban J connectivity index is 1.57. The fraction of sp³-hybridized carbons (Fsp3) is 0.400. The quantitative estimate of drug-likeness (QED) is 0.806. The van der Waals surface area contributed by atoms with Crippen LogP contribution in [0.15, 0.2) is 47.3 Å². The standard InChI is InChI=1S/C20H23BrN4O2/c1-20(2,15-4-3-9-22-12-15)19(27)25-10-7-14(8-11-25)18(26)24-17-6-5-16(21)13-23-17/h3-6,9,12-14H,7-8,10-11H2,1-2H3,(H,23,24,26). The molecule has 0 radical (unpaired) electrons. The van der Waals surface area contributed by atoms with Gasteiger partial charge in [0.2, 0.25) is 11.8 Å². The van der Waals surface area contributed by atoms with Crippen LogP contribution in [0.5, 0.6) is 0 Å². The predicted octanol–water partition coefficient (Wildman–Crippen LogP) is 3.39. The molecule has 0 atom stereocenters. The van der Waals surface area contributed by atoms with Gasteiger partial charge in [-0.3, -0.25) is 14.6 Å². The highest BCUT2D eigenvalue weighted by Gasteiger charge is 2.36. The number of likely N-dealkylation sites (tertiary alicyclic amines) is 1. The molecule has 1 saturated heterocycles. The molecule has 142 valence electrons. The van der Waals surface area contributed by atoms with Gasteiger partial charge in [-0.05, 0) is 66.4 Å². The Bertz CT molecular complexity index is 800. The van der Waals surface area contributed by atoms with Crippen molar-refractivity contribution in [3.05, 3.63) is 52.9 Å². The van der Waals surface area contributed by atoms with Gasteiger partial charge in [-0.25, -0.2) is 4.98 Å². The Hall–Kier alpha value is -2.28. The molecule has 2 aromatic heterocycles. The van der Waals surface area contributed by atoms with E-state index in [1.807, 2.05) is 36.9 Å². The van der Waals surface area contributed by atoms with Gasteiger partial charge >= 0.3 is 0 Å². The van der Waals surface area contributed by atoms with Crippen LogP contribution in [0.3, 0.4) is 0 Å². The third-order valence-electron chi connectivity index (χ3n) is 5.05. The molecule has 27 heavy (non-hydrogen) atoms. The average Bonchev–Trinajstić information content (AvgIpc) is 2.70. The molecule has 0 bridgehead atoms. The lowest BCUT2D eigenvalue weighted by Crippen LogP contribution is -2.48. The first-order valence-corrected chi connectivity index (χ1v) is 9.79. The van der Waals surface area contributed by atoms with E-state index >= 15 is 0 Å². The summed E-state index contributed by atoms with van der Waals surface area (Å²) in [6.07, 6.45) is 6.39. The number of carbonyl (C=O) groups is 2. The molecule has 2 amide bonds. The summed E-state index contributed by atoms with van der Waals surface area (Å²) in [4.78, 5) is 35.6. The van der Waals surface area contributed by atoms with Gasteiger partial charge in [-0.2, -0.15) is 0 Å². The Morgan fingerprint density at radius 1 is 1.19 bits per heavy atom. The Morgan fingerprint density at radius 2 is 1.93 bits per heavy atom. The number of hydrogen-bond acceptors (Lipinski definition) is 4. The Morgan fingerprint density at radius 3 is 2.52 bits per heavy atom. The summed E-state index contributed by atoms with van der Waals surface area (Å²) in [5.41, 5.74) is 0.265. The van der Waals surface area contributed by atoms with Gasteiger partial charge in [0.1, 0.15) is 5.82 Å². The molecule has 1 aliphatic rings. The third kappa shape index (κ3) is 4.53. The van der Waals surface area contributed by atoms with Crippen LogP contribution in [0.4, 0.5) is 5.82 Å². The number of carbonyl (C=O) groups excluding carboxylic acids is 2. The molecule has 2 aromatic rings. The van der Waals surface area contributed by atoms with E-state index in [1.165, 1.54) is 0 Å². The Kier molecular flexibility index (Phi) is 5.89. The van der Waals surface area contributed by atoms with Crippen LogP contribution in [-0.2, 0) is 15.0 Å². The van der Waals surface area contributed by atoms with Gasteiger partial charge in [0.05, 0.1) is 5.41 Å². The number of rotatable bonds is 4. The number of piperidine rings is 1. The van der Waals surface area contributed by atoms with Crippen molar-refractivity contribution in [1.82, 2.24) is 14.9 Å². The lowest BCUT2D eigenvalue weighted by molar-refractivity contribution is -0.139. The van der Waals surface area contributed by atoms with Crippen molar-refractivity contribution < 1.29 is 9.59 Å². The fourth-order valence-electron chi connectivity index (χ4n) is 3.27. The van der Waals surface area contributed by atoms with Crippen LogP contribution in [0, 0.1) is 5.92 Å². The smallest absolute Gasteiger partial charge is 0.232 e. The number of halogens is 1. The number of anilines is 1. The van der Waals surface area contributed by atoms with Crippen LogP contribution >= 0.6 is 15.9 Å². The van der Waals surface area contributed by atoms with E-state index in [2.05, 4.69) is 31.2 Å². The lowest BCUT2D eigenvalue weighted by Gasteiger charge is -2.36. The second-order valence-electron chi connectivity index (χ2n) is 7.28. The van der Waals surface area contributed by atoms with Gasteiger partial charge in [0.25, 0.3) is 0 Å². The molecule has 1 aliphatic heterocycles. The number of hydrogen-bond donors (Lipinski definition) is 1. The van der Waals surface area contributed by atoms with Crippen molar-refractivity contribution in [2.24, 2.45) is 5.92 Å². The van der Waals surface area contributed by atoms with Crippen molar-refractivity contribution in [3.63, 3.8) is 0 Å². The second-order valence-corrected chi connectivity index (χ2v) is 8.20. The number of nitrogens with one attached hydrogen (secondary N) is 1. The zero-order valence-electron chi connectivity index (χ0n) is 15.5. The molecule has 6 nitrogen and oxygen atoms in total. The van der Waals surface area contributed by atoms with Crippen molar-refractivity contribution in [2.45, 2.75) is 32.1 Å². The summed E-state index contributed by atoms with van der Waals surface area (Å²) in [5, 5.41) is 2.86. The molecular weight excluding hydrogens is 408 g/mol. The highest BCUT2D eigenvalue weighted by atomic mass is 79.9. The van der Waals surface area contributed by atoms with E-state index in [4.69, 9.17) is 0 Å². The summed E-state index contributed by atoms with van der Waals surface area (Å²) in [5.74, 6) is 0.466. The molecule has 3 rings (SSSR count). The van der Waals surface area contributed by atoms with Crippen molar-refractivity contribution >= 4 is 33.6 Å². The highest BCUT2D eigenvalue weighted by molar-refractivity contribution is 9.10. The van der Waals surface area contributed by atoms with Crippen LogP contribution in [0.25, 0.3) is 0 Å². The van der Waals surface area contributed by atoms with Gasteiger partial charge in [-0.1, -0.05) is 6.07 Å². The highest BCUT2D eigenvalue weighted by Crippen LogP contribution is 2.28. The first kappa shape index (κ1) is 19.5. The molecule has 1 N–H and O–H groups in total. The summed E-state index contributed by atoms with van der Waals surface area (Å²) >= 11 is 3.32. The first-order valence-electron chi connectivity index (χ1n) is 9.00. The molecule has 0 unspecified atom stereocenters. The number of nitrogens with zero attached hydrogens (tertiary/aromatic N) is 3. The summed E-state index contributed by atoms with van der Waals surface area (Å²) in [6, 6.07) is 7.37. The molecule has 1 fully saturated rings. The number of aromatic nitrogens is 2. The normalized spacial score (nSPS) is 15.4. The maximum Gasteiger partial charge on any atom is 0.232 e. The van der Waals surface area contributed by atoms with Gasteiger partial charge in [0.15, 0.2) is 0 Å². The summed E-state index contributed by atoms with van der Waals surface area (Å²) in [6.45, 7) is 5.00. The van der Waals surface area contributed by atoms with E-state index in [-0.39, 0.29) is 17.7 Å². The minimum atomic E-state index is -0.634. The van der Waals surface area contributed by atoms with Crippen LogP contribution in [-0.4, -0.2) is 39.8 Å².